The zero-order chi connectivity index (χ0) is 14.0. The summed E-state index contributed by atoms with van der Waals surface area (Å²) in [5, 5.41) is 1.82. The van der Waals surface area contributed by atoms with Gasteiger partial charge in [0.2, 0.25) is 0 Å². The maximum absolute atomic E-state index is 2.31. The molecule has 0 aliphatic heterocycles. The smallest absolute Gasteiger partial charge is 0.0104 e. The summed E-state index contributed by atoms with van der Waals surface area (Å²) in [6.45, 7) is 11.4. The van der Waals surface area contributed by atoms with Crippen LogP contribution in [0.1, 0.15) is 31.9 Å². The molecule has 0 N–H and O–H groups in total. The van der Waals surface area contributed by atoms with E-state index in [9.17, 15) is 0 Å². The van der Waals surface area contributed by atoms with Crippen LogP contribution in [0.4, 0.5) is 0 Å². The van der Waals surface area contributed by atoms with Gasteiger partial charge in [-0.15, -0.1) is 0 Å². The first-order chi connectivity index (χ1) is 8.88. The molecule has 0 aliphatic carbocycles. The van der Waals surface area contributed by atoms with Crippen molar-refractivity contribution in [3.8, 4) is 11.1 Å². The molecule has 0 aliphatic rings. The Hall–Kier alpha value is -1.13. The molecular weight excluding hydrogens is 247 g/mol. The lowest BCUT2D eigenvalue weighted by molar-refractivity contribution is 0.799. The average molecular weight is 270 g/mol. The van der Waals surface area contributed by atoms with E-state index in [1.54, 1.807) is 0 Å². The molecule has 0 nitrogen and oxygen atoms in total. The van der Waals surface area contributed by atoms with Crippen LogP contribution in [-0.4, -0.2) is 5.16 Å². The van der Waals surface area contributed by atoms with E-state index in [1.807, 2.05) is 0 Å². The number of aryl methyl sites for hydroxylation is 2. The van der Waals surface area contributed by atoms with E-state index in [0.717, 1.165) is 8.58 Å². The molecule has 0 saturated carbocycles. The molecule has 0 radical (unpaired) electrons. The van der Waals surface area contributed by atoms with Crippen molar-refractivity contribution in [1.82, 2.24) is 0 Å². The molecule has 1 unspecified atom stereocenters. The van der Waals surface area contributed by atoms with Crippen LogP contribution in [0, 0.1) is 13.8 Å². The molecule has 0 aromatic heterocycles. The zero-order valence-corrected chi connectivity index (χ0v) is 13.5. The second-order valence-electron chi connectivity index (χ2n) is 6.19. The van der Waals surface area contributed by atoms with E-state index in [0.29, 0.717) is 5.16 Å². The molecule has 2 aromatic rings. The van der Waals surface area contributed by atoms with Crippen molar-refractivity contribution in [3.05, 3.63) is 53.6 Å². The van der Waals surface area contributed by atoms with Crippen molar-refractivity contribution in [2.45, 2.75) is 39.8 Å². The third-order valence-corrected chi connectivity index (χ3v) is 4.64. The normalized spacial score (nSPS) is 12.3. The molecule has 2 aromatic carbocycles. The second-order valence-corrected chi connectivity index (χ2v) is 8.48. The minimum atomic E-state index is 0.340. The fourth-order valence-electron chi connectivity index (χ4n) is 2.45. The van der Waals surface area contributed by atoms with Gasteiger partial charge in [-0.1, -0.05) is 71.8 Å². The van der Waals surface area contributed by atoms with Crippen LogP contribution in [0.25, 0.3) is 11.1 Å². The van der Waals surface area contributed by atoms with Gasteiger partial charge in [0, 0.05) is 0 Å². The first-order valence-electron chi connectivity index (χ1n) is 6.82. The first-order valence-corrected chi connectivity index (χ1v) is 7.82. The van der Waals surface area contributed by atoms with E-state index in [-0.39, 0.29) is 0 Å². The van der Waals surface area contributed by atoms with Crippen molar-refractivity contribution in [1.29, 1.82) is 0 Å². The highest BCUT2D eigenvalue weighted by Gasteiger charge is 2.16. The van der Waals surface area contributed by atoms with Gasteiger partial charge in [0.25, 0.3) is 0 Å². The van der Waals surface area contributed by atoms with Crippen LogP contribution >= 0.6 is 8.58 Å². The average Bonchev–Trinajstić information content (AvgIpc) is 2.29. The predicted octanol–water partition coefficient (Wildman–Crippen LogP) is 5.07. The maximum atomic E-state index is 2.31. The number of benzene rings is 2. The van der Waals surface area contributed by atoms with Gasteiger partial charge in [0.1, 0.15) is 0 Å². The Morgan fingerprint density at radius 2 is 1.37 bits per heavy atom. The summed E-state index contributed by atoms with van der Waals surface area (Å²) in [7, 11) is 0.831. The second kappa shape index (κ2) is 5.47. The van der Waals surface area contributed by atoms with Crippen LogP contribution in [0.15, 0.2) is 42.5 Å². The van der Waals surface area contributed by atoms with Gasteiger partial charge in [-0.3, -0.25) is 0 Å². The van der Waals surface area contributed by atoms with Gasteiger partial charge in [-0.2, -0.15) is 0 Å². The molecular formula is C18H23P. The van der Waals surface area contributed by atoms with E-state index >= 15 is 0 Å². The first kappa shape index (κ1) is 14.3. The van der Waals surface area contributed by atoms with Crippen LogP contribution in [0.3, 0.4) is 0 Å². The topological polar surface area (TPSA) is 0 Å². The summed E-state index contributed by atoms with van der Waals surface area (Å²) in [5.41, 5.74) is 5.55. The summed E-state index contributed by atoms with van der Waals surface area (Å²) in [6, 6.07) is 15.4. The minimum absolute atomic E-state index is 0.340. The van der Waals surface area contributed by atoms with E-state index in [1.165, 1.54) is 27.6 Å². The molecule has 2 rings (SSSR count). The van der Waals surface area contributed by atoms with Crippen molar-refractivity contribution in [2.24, 2.45) is 0 Å². The maximum Gasteiger partial charge on any atom is -0.0104 e. The van der Waals surface area contributed by atoms with Crippen LogP contribution in [0.5, 0.6) is 0 Å². The molecule has 19 heavy (non-hydrogen) atoms. The molecule has 0 fully saturated rings. The molecule has 100 valence electrons. The highest BCUT2D eigenvalue weighted by Crippen LogP contribution is 2.35. The largest absolute Gasteiger partial charge is 0.0842 e. The van der Waals surface area contributed by atoms with Gasteiger partial charge in [-0.25, -0.2) is 0 Å². The Kier molecular flexibility index (Phi) is 4.11. The molecule has 0 bridgehead atoms. The minimum Gasteiger partial charge on any atom is -0.0842 e. The van der Waals surface area contributed by atoms with Crippen molar-refractivity contribution in [3.63, 3.8) is 0 Å². The molecule has 0 saturated heterocycles. The van der Waals surface area contributed by atoms with Crippen LogP contribution in [0.2, 0.25) is 0 Å². The fourth-order valence-corrected chi connectivity index (χ4v) is 3.78. The Morgan fingerprint density at radius 1 is 0.789 bits per heavy atom. The van der Waals surface area contributed by atoms with Crippen molar-refractivity contribution in [2.75, 3.05) is 0 Å². The SMILES string of the molecule is Cc1cccc(C)c1-c1ccccc1PC(C)(C)C. The number of hydrogen-bond acceptors (Lipinski definition) is 0. The summed E-state index contributed by atoms with van der Waals surface area (Å²) in [4.78, 5) is 0. The van der Waals surface area contributed by atoms with E-state index in [2.05, 4.69) is 77.1 Å². The Bertz CT molecular complexity index is 556. The molecule has 1 atom stereocenters. The summed E-state index contributed by atoms with van der Waals surface area (Å²) < 4.78 is 0. The van der Waals surface area contributed by atoms with Crippen molar-refractivity contribution < 1.29 is 0 Å². The van der Waals surface area contributed by atoms with Gasteiger partial charge in [-0.05, 0) is 46.6 Å². The van der Waals surface area contributed by atoms with Gasteiger partial charge < -0.3 is 0 Å². The van der Waals surface area contributed by atoms with Gasteiger partial charge >= 0.3 is 0 Å². The van der Waals surface area contributed by atoms with Gasteiger partial charge in [0.15, 0.2) is 0 Å². The summed E-state index contributed by atoms with van der Waals surface area (Å²) >= 11 is 0. The predicted molar refractivity (Wildman–Crippen MR) is 89.1 cm³/mol. The lowest BCUT2D eigenvalue weighted by Crippen LogP contribution is -2.13. The zero-order valence-electron chi connectivity index (χ0n) is 12.5. The Labute approximate surface area is 119 Å². The Balaban J connectivity index is 2.57. The highest BCUT2D eigenvalue weighted by atomic mass is 31.1. The molecule has 0 spiro atoms. The number of hydrogen-bond donors (Lipinski definition) is 0. The highest BCUT2D eigenvalue weighted by molar-refractivity contribution is 7.49. The standard InChI is InChI=1S/C18H23P/c1-13-9-8-10-14(2)17(13)15-11-6-7-12-16(15)19-18(3,4)5/h6-12,19H,1-5H3. The van der Waals surface area contributed by atoms with Crippen LogP contribution in [-0.2, 0) is 0 Å². The number of rotatable bonds is 2. The molecule has 0 amide bonds. The summed E-state index contributed by atoms with van der Waals surface area (Å²) in [5.74, 6) is 0. The lowest BCUT2D eigenvalue weighted by Gasteiger charge is -2.22. The molecule has 1 heteroatoms. The van der Waals surface area contributed by atoms with E-state index < -0.39 is 0 Å². The van der Waals surface area contributed by atoms with Crippen molar-refractivity contribution >= 4 is 13.9 Å². The quantitative estimate of drug-likeness (QED) is 0.668. The van der Waals surface area contributed by atoms with Crippen LogP contribution < -0.4 is 5.30 Å². The third-order valence-electron chi connectivity index (χ3n) is 3.19. The molecule has 0 heterocycles. The Morgan fingerprint density at radius 3 is 1.95 bits per heavy atom. The third kappa shape index (κ3) is 3.45. The fraction of sp³-hybridized carbons (Fsp3) is 0.333. The monoisotopic (exact) mass is 270 g/mol. The summed E-state index contributed by atoms with van der Waals surface area (Å²) in [6.07, 6.45) is 0. The lowest BCUT2D eigenvalue weighted by atomic mass is 9.96. The van der Waals surface area contributed by atoms with E-state index in [4.69, 9.17) is 0 Å². The van der Waals surface area contributed by atoms with Gasteiger partial charge in [0.05, 0.1) is 0 Å².